The Balaban J connectivity index is 1.90. The predicted molar refractivity (Wildman–Crippen MR) is 68.6 cm³/mol. The maximum absolute atomic E-state index is 12.8. The van der Waals surface area contributed by atoms with E-state index in [0.29, 0.717) is 12.1 Å². The first-order valence-electron chi connectivity index (χ1n) is 6.37. The van der Waals surface area contributed by atoms with Crippen LogP contribution in [0.25, 0.3) is 0 Å². The third-order valence-electron chi connectivity index (χ3n) is 3.58. The number of nitrogens with one attached hydrogen (secondary N) is 1. The van der Waals surface area contributed by atoms with E-state index >= 15 is 0 Å². The van der Waals surface area contributed by atoms with Gasteiger partial charge in [0, 0.05) is 31.7 Å². The van der Waals surface area contributed by atoms with Crippen LogP contribution in [0.1, 0.15) is 19.4 Å². The highest BCUT2D eigenvalue weighted by Gasteiger charge is 2.23. The summed E-state index contributed by atoms with van der Waals surface area (Å²) in [5, 5.41) is 3.43. The minimum Gasteiger partial charge on any atom is -0.314 e. The van der Waals surface area contributed by atoms with Gasteiger partial charge in [-0.1, -0.05) is 12.1 Å². The molecule has 0 unspecified atom stereocenters. The Hall–Kier alpha value is -0.930. The number of hydrogen-bond donors (Lipinski definition) is 1. The molecule has 1 heterocycles. The van der Waals surface area contributed by atoms with E-state index < -0.39 is 0 Å². The molecule has 1 N–H and O–H groups in total. The Labute approximate surface area is 103 Å². The van der Waals surface area contributed by atoms with Crippen molar-refractivity contribution in [3.8, 4) is 0 Å². The summed E-state index contributed by atoms with van der Waals surface area (Å²) in [6.45, 7) is 7.69. The fourth-order valence-electron chi connectivity index (χ4n) is 2.52. The summed E-state index contributed by atoms with van der Waals surface area (Å²) in [7, 11) is 0. The molecule has 0 radical (unpaired) electrons. The fourth-order valence-corrected chi connectivity index (χ4v) is 2.52. The molecule has 17 heavy (non-hydrogen) atoms. The van der Waals surface area contributed by atoms with Gasteiger partial charge in [0.25, 0.3) is 0 Å². The van der Waals surface area contributed by atoms with Gasteiger partial charge in [0.2, 0.25) is 0 Å². The molecule has 1 fully saturated rings. The van der Waals surface area contributed by atoms with Gasteiger partial charge in [0.1, 0.15) is 5.82 Å². The van der Waals surface area contributed by atoms with E-state index in [4.69, 9.17) is 0 Å². The van der Waals surface area contributed by atoms with Crippen molar-refractivity contribution in [2.45, 2.75) is 32.4 Å². The Morgan fingerprint density at radius 2 is 1.76 bits per heavy atom. The van der Waals surface area contributed by atoms with Crippen LogP contribution in [0.2, 0.25) is 0 Å². The summed E-state index contributed by atoms with van der Waals surface area (Å²) in [6, 6.07) is 8.01. The minimum absolute atomic E-state index is 0.155. The molecule has 1 aliphatic rings. The first kappa shape index (κ1) is 12.5. The monoisotopic (exact) mass is 236 g/mol. The first-order chi connectivity index (χ1) is 8.16. The molecular weight excluding hydrogens is 215 g/mol. The van der Waals surface area contributed by atoms with E-state index in [2.05, 4.69) is 24.1 Å². The molecule has 3 heteroatoms. The van der Waals surface area contributed by atoms with Crippen LogP contribution in [0.4, 0.5) is 4.39 Å². The zero-order valence-electron chi connectivity index (χ0n) is 10.6. The van der Waals surface area contributed by atoms with Crippen LogP contribution in [-0.2, 0) is 6.42 Å². The summed E-state index contributed by atoms with van der Waals surface area (Å²) in [6.07, 6.45) is 0.995. The highest BCUT2D eigenvalue weighted by atomic mass is 19.1. The van der Waals surface area contributed by atoms with Crippen molar-refractivity contribution >= 4 is 0 Å². The molecule has 0 aromatic heterocycles. The molecule has 94 valence electrons. The van der Waals surface area contributed by atoms with Gasteiger partial charge in [-0.15, -0.1) is 0 Å². The third-order valence-corrected chi connectivity index (χ3v) is 3.58. The molecular formula is C14H21FN2. The molecule has 0 bridgehead atoms. The summed E-state index contributed by atoms with van der Waals surface area (Å²) in [5.41, 5.74) is 1.21. The van der Waals surface area contributed by atoms with Crippen LogP contribution in [0.5, 0.6) is 0 Å². The van der Waals surface area contributed by atoms with Crippen molar-refractivity contribution in [1.82, 2.24) is 10.2 Å². The molecule has 2 rings (SSSR count). The molecule has 1 saturated heterocycles. The van der Waals surface area contributed by atoms with Gasteiger partial charge in [-0.2, -0.15) is 0 Å². The number of benzene rings is 1. The number of hydrogen-bond acceptors (Lipinski definition) is 2. The first-order valence-corrected chi connectivity index (χ1v) is 6.37. The van der Waals surface area contributed by atoms with Crippen molar-refractivity contribution in [1.29, 1.82) is 0 Å². The van der Waals surface area contributed by atoms with Crippen molar-refractivity contribution in [3.05, 3.63) is 35.6 Å². The van der Waals surface area contributed by atoms with Crippen molar-refractivity contribution in [3.63, 3.8) is 0 Å². The van der Waals surface area contributed by atoms with Crippen LogP contribution in [0, 0.1) is 5.82 Å². The van der Waals surface area contributed by atoms with E-state index in [9.17, 15) is 4.39 Å². The van der Waals surface area contributed by atoms with E-state index in [-0.39, 0.29) is 5.82 Å². The predicted octanol–water partition coefficient (Wildman–Crippen LogP) is 2.05. The Morgan fingerprint density at radius 3 is 2.35 bits per heavy atom. The smallest absolute Gasteiger partial charge is 0.123 e. The second-order valence-corrected chi connectivity index (χ2v) is 4.97. The zero-order chi connectivity index (χ0) is 12.3. The van der Waals surface area contributed by atoms with Crippen molar-refractivity contribution in [2.75, 3.05) is 19.6 Å². The van der Waals surface area contributed by atoms with E-state index in [0.717, 1.165) is 26.1 Å². The highest BCUT2D eigenvalue weighted by Crippen LogP contribution is 2.11. The minimum atomic E-state index is -0.155. The van der Waals surface area contributed by atoms with Crippen LogP contribution in [-0.4, -0.2) is 36.6 Å². The standard InChI is InChI=1S/C14H21FN2/c1-11-9-16-10-12(2)17(11)8-7-13-3-5-14(15)6-4-13/h3-6,11-12,16H,7-10H2,1-2H3/t11-,12-/m1/s1. The number of nitrogens with zero attached hydrogens (tertiary/aromatic N) is 1. The van der Waals surface area contributed by atoms with Gasteiger partial charge >= 0.3 is 0 Å². The third kappa shape index (κ3) is 3.27. The lowest BCUT2D eigenvalue weighted by Crippen LogP contribution is -2.55. The summed E-state index contributed by atoms with van der Waals surface area (Å²) >= 11 is 0. The van der Waals surface area contributed by atoms with E-state index in [1.54, 1.807) is 12.1 Å². The average Bonchev–Trinajstić information content (AvgIpc) is 2.31. The molecule has 1 aliphatic heterocycles. The lowest BCUT2D eigenvalue weighted by molar-refractivity contribution is 0.118. The van der Waals surface area contributed by atoms with Gasteiger partial charge in [0.05, 0.1) is 0 Å². The maximum atomic E-state index is 12.8. The van der Waals surface area contributed by atoms with Gasteiger partial charge in [-0.3, -0.25) is 4.90 Å². The van der Waals surface area contributed by atoms with E-state index in [1.807, 2.05) is 12.1 Å². The normalized spacial score (nSPS) is 26.1. The van der Waals surface area contributed by atoms with Crippen LogP contribution in [0.3, 0.4) is 0 Å². The molecule has 2 atom stereocenters. The number of halogens is 1. The second kappa shape index (κ2) is 5.61. The van der Waals surface area contributed by atoms with Crippen LogP contribution in [0.15, 0.2) is 24.3 Å². The van der Waals surface area contributed by atoms with Gasteiger partial charge in [-0.05, 0) is 38.0 Å². The maximum Gasteiger partial charge on any atom is 0.123 e. The Morgan fingerprint density at radius 1 is 1.18 bits per heavy atom. The lowest BCUT2D eigenvalue weighted by atomic mass is 10.1. The zero-order valence-corrected chi connectivity index (χ0v) is 10.6. The average molecular weight is 236 g/mol. The second-order valence-electron chi connectivity index (χ2n) is 4.97. The molecule has 0 spiro atoms. The SMILES string of the molecule is C[C@@H]1CNC[C@@H](C)N1CCc1ccc(F)cc1. The van der Waals surface area contributed by atoms with Gasteiger partial charge in [0.15, 0.2) is 0 Å². The van der Waals surface area contributed by atoms with Crippen molar-refractivity contribution in [2.24, 2.45) is 0 Å². The molecule has 1 aromatic rings. The molecule has 1 aromatic carbocycles. The van der Waals surface area contributed by atoms with Crippen molar-refractivity contribution < 1.29 is 4.39 Å². The molecule has 0 saturated carbocycles. The van der Waals surface area contributed by atoms with E-state index in [1.165, 1.54) is 5.56 Å². The Bertz CT molecular complexity index is 340. The quantitative estimate of drug-likeness (QED) is 0.864. The van der Waals surface area contributed by atoms with Gasteiger partial charge in [-0.25, -0.2) is 4.39 Å². The molecule has 0 amide bonds. The largest absolute Gasteiger partial charge is 0.314 e. The Kier molecular flexibility index (Phi) is 4.13. The topological polar surface area (TPSA) is 15.3 Å². The fraction of sp³-hybridized carbons (Fsp3) is 0.571. The summed E-state index contributed by atoms with van der Waals surface area (Å²) < 4.78 is 12.8. The highest BCUT2D eigenvalue weighted by molar-refractivity contribution is 5.16. The van der Waals surface area contributed by atoms with Crippen LogP contribution >= 0.6 is 0 Å². The lowest BCUT2D eigenvalue weighted by Gasteiger charge is -2.39. The van der Waals surface area contributed by atoms with Crippen LogP contribution < -0.4 is 5.32 Å². The van der Waals surface area contributed by atoms with Gasteiger partial charge < -0.3 is 5.32 Å². The number of rotatable bonds is 3. The molecule has 2 nitrogen and oxygen atoms in total. The molecule has 0 aliphatic carbocycles. The number of piperazine rings is 1. The summed E-state index contributed by atoms with van der Waals surface area (Å²) in [5.74, 6) is -0.155. The summed E-state index contributed by atoms with van der Waals surface area (Å²) in [4.78, 5) is 2.53.